The van der Waals surface area contributed by atoms with Crippen LogP contribution in [0.15, 0.2) is 4.99 Å². The van der Waals surface area contributed by atoms with Crippen LogP contribution in [0, 0.1) is 0 Å². The molecule has 8 nitrogen and oxygen atoms in total. The van der Waals surface area contributed by atoms with Gasteiger partial charge in [0, 0.05) is 39.8 Å². The SMILES string of the molecule is COCCN1CCC[C@](O)(CN2CCC3(CC2)N=C(C)NC3=O)C1=O. The summed E-state index contributed by atoms with van der Waals surface area (Å²) >= 11 is 0. The van der Waals surface area contributed by atoms with Crippen molar-refractivity contribution in [1.29, 1.82) is 0 Å². The summed E-state index contributed by atoms with van der Waals surface area (Å²) in [4.78, 5) is 33.1. The number of nitrogens with one attached hydrogen (secondary N) is 1. The van der Waals surface area contributed by atoms with Crippen LogP contribution in [0.2, 0.25) is 0 Å². The molecule has 3 aliphatic rings. The summed E-state index contributed by atoms with van der Waals surface area (Å²) in [6, 6.07) is 0. The second kappa shape index (κ2) is 7.01. The summed E-state index contributed by atoms with van der Waals surface area (Å²) in [5, 5.41) is 13.7. The van der Waals surface area contributed by atoms with E-state index < -0.39 is 11.1 Å². The van der Waals surface area contributed by atoms with Gasteiger partial charge in [-0.05, 0) is 32.6 Å². The highest BCUT2D eigenvalue weighted by atomic mass is 16.5. The minimum Gasteiger partial charge on any atom is -0.383 e. The number of hydrogen-bond acceptors (Lipinski definition) is 6. The lowest BCUT2D eigenvalue weighted by molar-refractivity contribution is -0.160. The molecule has 0 aliphatic carbocycles. The second-order valence-corrected chi connectivity index (χ2v) is 7.38. The van der Waals surface area contributed by atoms with Gasteiger partial charge in [0.05, 0.1) is 6.61 Å². The van der Waals surface area contributed by atoms with E-state index in [1.165, 1.54) is 0 Å². The fourth-order valence-corrected chi connectivity index (χ4v) is 4.10. The normalized spacial score (nSPS) is 29.9. The molecule has 0 radical (unpaired) electrons. The Kier molecular flexibility index (Phi) is 5.13. The number of nitrogens with zero attached hydrogens (tertiary/aromatic N) is 3. The van der Waals surface area contributed by atoms with Crippen LogP contribution in [-0.4, -0.2) is 90.1 Å². The molecule has 0 bridgehead atoms. The summed E-state index contributed by atoms with van der Waals surface area (Å²) in [5.74, 6) is 0.444. The van der Waals surface area contributed by atoms with Gasteiger partial charge in [0.15, 0.2) is 5.60 Å². The first-order valence-corrected chi connectivity index (χ1v) is 8.99. The van der Waals surface area contributed by atoms with Crippen molar-refractivity contribution in [3.05, 3.63) is 0 Å². The van der Waals surface area contributed by atoms with Gasteiger partial charge in [-0.25, -0.2) is 0 Å². The van der Waals surface area contributed by atoms with Crippen LogP contribution in [0.5, 0.6) is 0 Å². The van der Waals surface area contributed by atoms with Crippen LogP contribution in [0.1, 0.15) is 32.6 Å². The molecule has 25 heavy (non-hydrogen) atoms. The van der Waals surface area contributed by atoms with Gasteiger partial charge < -0.3 is 20.1 Å². The molecule has 140 valence electrons. The number of aliphatic imine (C=N–C) groups is 1. The second-order valence-electron chi connectivity index (χ2n) is 7.38. The number of piperidine rings is 2. The van der Waals surface area contributed by atoms with Crippen molar-refractivity contribution in [3.63, 3.8) is 0 Å². The first-order valence-electron chi connectivity index (χ1n) is 8.99. The number of likely N-dealkylation sites (tertiary alicyclic amines) is 2. The molecule has 8 heteroatoms. The average Bonchev–Trinajstić information content (AvgIpc) is 2.85. The zero-order valence-electron chi connectivity index (χ0n) is 15.1. The highest BCUT2D eigenvalue weighted by Crippen LogP contribution is 2.32. The number of carbonyl (C=O) groups excluding carboxylic acids is 2. The molecule has 0 saturated carbocycles. The lowest BCUT2D eigenvalue weighted by Crippen LogP contribution is -2.60. The summed E-state index contributed by atoms with van der Waals surface area (Å²) in [7, 11) is 1.60. The Bertz CT molecular complexity index is 571. The van der Waals surface area contributed by atoms with Gasteiger partial charge in [-0.15, -0.1) is 0 Å². The zero-order valence-corrected chi connectivity index (χ0v) is 15.1. The van der Waals surface area contributed by atoms with E-state index in [0.29, 0.717) is 64.4 Å². The topological polar surface area (TPSA) is 94.5 Å². The van der Waals surface area contributed by atoms with Crippen molar-refractivity contribution >= 4 is 17.6 Å². The lowest BCUT2D eigenvalue weighted by atomic mass is 9.86. The Balaban J connectivity index is 1.59. The molecule has 3 rings (SSSR count). The third-order valence-electron chi connectivity index (χ3n) is 5.54. The molecule has 2 saturated heterocycles. The van der Waals surface area contributed by atoms with Gasteiger partial charge in [-0.2, -0.15) is 0 Å². The van der Waals surface area contributed by atoms with Gasteiger partial charge in [0.25, 0.3) is 11.8 Å². The van der Waals surface area contributed by atoms with E-state index in [1.54, 1.807) is 18.9 Å². The van der Waals surface area contributed by atoms with Crippen molar-refractivity contribution in [2.45, 2.75) is 43.7 Å². The number of methoxy groups -OCH3 is 1. The minimum atomic E-state index is -1.34. The monoisotopic (exact) mass is 352 g/mol. The Morgan fingerprint density at radius 2 is 1.96 bits per heavy atom. The summed E-state index contributed by atoms with van der Waals surface area (Å²) in [5.41, 5.74) is -1.99. The molecule has 0 unspecified atom stereocenters. The van der Waals surface area contributed by atoms with Crippen LogP contribution in [0.25, 0.3) is 0 Å². The first-order chi connectivity index (χ1) is 11.9. The fourth-order valence-electron chi connectivity index (χ4n) is 4.10. The molecule has 1 atom stereocenters. The molecule has 3 heterocycles. The van der Waals surface area contributed by atoms with Gasteiger partial charge in [-0.3, -0.25) is 19.5 Å². The van der Waals surface area contributed by atoms with E-state index in [-0.39, 0.29) is 11.8 Å². The van der Waals surface area contributed by atoms with E-state index >= 15 is 0 Å². The molecule has 2 amide bonds. The number of amides is 2. The molecule has 0 aromatic rings. The molecular weight excluding hydrogens is 324 g/mol. The van der Waals surface area contributed by atoms with E-state index in [9.17, 15) is 14.7 Å². The van der Waals surface area contributed by atoms with Crippen molar-refractivity contribution in [2.24, 2.45) is 4.99 Å². The maximum atomic E-state index is 12.7. The largest absolute Gasteiger partial charge is 0.383 e. The quantitative estimate of drug-likeness (QED) is 0.687. The van der Waals surface area contributed by atoms with Gasteiger partial charge in [0.1, 0.15) is 11.4 Å². The predicted molar refractivity (Wildman–Crippen MR) is 92.3 cm³/mol. The number of hydrogen-bond donors (Lipinski definition) is 2. The Hall–Kier alpha value is -1.51. The molecular formula is C17H28N4O4. The number of aliphatic hydroxyl groups is 1. The van der Waals surface area contributed by atoms with Crippen molar-refractivity contribution in [2.75, 3.05) is 46.4 Å². The van der Waals surface area contributed by atoms with Crippen molar-refractivity contribution in [1.82, 2.24) is 15.1 Å². The van der Waals surface area contributed by atoms with Crippen LogP contribution in [-0.2, 0) is 14.3 Å². The molecule has 0 aromatic carbocycles. The van der Waals surface area contributed by atoms with E-state index in [1.807, 2.05) is 0 Å². The predicted octanol–water partition coefficient (Wildman–Crippen LogP) is -0.631. The fraction of sp³-hybridized carbons (Fsp3) is 0.824. The van der Waals surface area contributed by atoms with Crippen LogP contribution in [0.3, 0.4) is 0 Å². The van der Waals surface area contributed by atoms with E-state index in [4.69, 9.17) is 4.74 Å². The molecule has 2 fully saturated rings. The number of carbonyl (C=O) groups is 2. The minimum absolute atomic E-state index is 0.0251. The average molecular weight is 352 g/mol. The lowest BCUT2D eigenvalue weighted by Gasteiger charge is -2.43. The van der Waals surface area contributed by atoms with Crippen LogP contribution in [0.4, 0.5) is 0 Å². The molecule has 0 aromatic heterocycles. The smallest absolute Gasteiger partial charge is 0.255 e. The standard InChI is InChI=1S/C17H28N4O4/c1-13-18-14(22)16(19-13)5-8-20(9-6-16)12-17(24)4-3-7-21(15(17)23)10-11-25-2/h24H,3-12H2,1-2H3,(H,18,19,22)/t17-/m0/s1. The molecule has 2 N–H and O–H groups in total. The summed E-state index contributed by atoms with van der Waals surface area (Å²) < 4.78 is 5.05. The number of rotatable bonds is 5. The Morgan fingerprint density at radius 3 is 2.56 bits per heavy atom. The molecule has 1 spiro atoms. The third-order valence-corrected chi connectivity index (χ3v) is 5.54. The zero-order chi connectivity index (χ0) is 18.1. The number of amidine groups is 1. The Morgan fingerprint density at radius 1 is 1.24 bits per heavy atom. The maximum Gasteiger partial charge on any atom is 0.255 e. The first kappa shape index (κ1) is 18.3. The van der Waals surface area contributed by atoms with E-state index in [2.05, 4.69) is 15.2 Å². The van der Waals surface area contributed by atoms with Crippen LogP contribution >= 0.6 is 0 Å². The number of β-amino-alcohol motifs (C(OH)–C–C–N with tert-alkyl or cyclic N) is 1. The van der Waals surface area contributed by atoms with E-state index in [0.717, 1.165) is 6.42 Å². The highest BCUT2D eigenvalue weighted by Gasteiger charge is 2.48. The third kappa shape index (κ3) is 3.56. The highest BCUT2D eigenvalue weighted by molar-refractivity contribution is 6.07. The van der Waals surface area contributed by atoms with Crippen molar-refractivity contribution < 1.29 is 19.4 Å². The Labute approximate surface area is 148 Å². The van der Waals surface area contributed by atoms with Gasteiger partial charge >= 0.3 is 0 Å². The van der Waals surface area contributed by atoms with Gasteiger partial charge in [0.2, 0.25) is 0 Å². The van der Waals surface area contributed by atoms with Crippen LogP contribution < -0.4 is 5.32 Å². The summed E-state index contributed by atoms with van der Waals surface area (Å²) in [6.45, 7) is 5.07. The summed E-state index contributed by atoms with van der Waals surface area (Å²) in [6.07, 6.45) is 2.51. The maximum absolute atomic E-state index is 12.7. The molecule has 3 aliphatic heterocycles. The number of ether oxygens (including phenoxy) is 1. The van der Waals surface area contributed by atoms with Crippen molar-refractivity contribution in [3.8, 4) is 0 Å². The van der Waals surface area contributed by atoms with Gasteiger partial charge in [-0.1, -0.05) is 0 Å².